The molecule has 0 spiro atoms. The highest BCUT2D eigenvalue weighted by Gasteiger charge is 2.18. The quantitative estimate of drug-likeness (QED) is 0.742. The van der Waals surface area contributed by atoms with Gasteiger partial charge in [0.1, 0.15) is 17.2 Å². The molecule has 6 heteroatoms. The SMILES string of the molecule is CC(C)Oc1cc(OC2CCCCC2)cc2[nH]c(C(=O)O)cc12.CNC. The third kappa shape index (κ3) is 5.39. The number of ether oxygens (including phenoxy) is 2. The number of aromatic amines is 1. The standard InChI is InChI=1S/C18H23NO4.C2H7N/c1-11(2)22-17-9-13(23-12-6-4-3-5-7-12)8-15-14(17)10-16(19-15)18(20)21;1-3-2/h8-12,19H,3-7H2,1-2H3,(H,20,21);3H,1-2H3. The molecule has 0 radical (unpaired) electrons. The van der Waals surface area contributed by atoms with Crippen molar-refractivity contribution in [3.63, 3.8) is 0 Å². The molecule has 1 aromatic carbocycles. The van der Waals surface area contributed by atoms with Gasteiger partial charge in [0.2, 0.25) is 0 Å². The summed E-state index contributed by atoms with van der Waals surface area (Å²) in [4.78, 5) is 14.1. The summed E-state index contributed by atoms with van der Waals surface area (Å²) >= 11 is 0. The topological polar surface area (TPSA) is 83.6 Å². The summed E-state index contributed by atoms with van der Waals surface area (Å²) in [5, 5.41) is 12.7. The molecule has 26 heavy (non-hydrogen) atoms. The molecule has 2 aromatic rings. The number of fused-ring (bicyclic) bond motifs is 1. The van der Waals surface area contributed by atoms with Gasteiger partial charge in [0.25, 0.3) is 0 Å². The summed E-state index contributed by atoms with van der Waals surface area (Å²) in [7, 11) is 3.75. The van der Waals surface area contributed by atoms with Crippen molar-refractivity contribution in [1.82, 2.24) is 10.3 Å². The van der Waals surface area contributed by atoms with Gasteiger partial charge >= 0.3 is 5.97 Å². The van der Waals surface area contributed by atoms with Gasteiger partial charge in [-0.1, -0.05) is 6.42 Å². The van der Waals surface area contributed by atoms with Crippen LogP contribution >= 0.6 is 0 Å². The Morgan fingerprint density at radius 3 is 2.42 bits per heavy atom. The molecule has 1 fully saturated rings. The van der Waals surface area contributed by atoms with Crippen LogP contribution in [0.2, 0.25) is 0 Å². The fourth-order valence-corrected chi connectivity index (χ4v) is 3.09. The molecule has 0 saturated heterocycles. The number of H-pyrrole nitrogens is 1. The van der Waals surface area contributed by atoms with Crippen LogP contribution in [0.3, 0.4) is 0 Å². The number of nitrogens with one attached hydrogen (secondary N) is 2. The van der Waals surface area contributed by atoms with Crippen molar-refractivity contribution in [2.24, 2.45) is 0 Å². The molecule has 1 aliphatic carbocycles. The summed E-state index contributed by atoms with van der Waals surface area (Å²) in [5.74, 6) is 0.414. The Hall–Kier alpha value is -2.21. The lowest BCUT2D eigenvalue weighted by molar-refractivity contribution is 0.0691. The minimum Gasteiger partial charge on any atom is -0.490 e. The number of hydrogen-bond donors (Lipinski definition) is 3. The summed E-state index contributed by atoms with van der Waals surface area (Å²) in [6.45, 7) is 3.90. The number of benzene rings is 1. The number of carbonyl (C=O) groups is 1. The van der Waals surface area contributed by atoms with E-state index < -0.39 is 5.97 Å². The summed E-state index contributed by atoms with van der Waals surface area (Å²) < 4.78 is 12.0. The first-order chi connectivity index (χ1) is 12.4. The lowest BCUT2D eigenvalue weighted by Crippen LogP contribution is -2.19. The maximum Gasteiger partial charge on any atom is 0.352 e. The Bertz CT molecular complexity index is 718. The van der Waals surface area contributed by atoms with E-state index in [0.717, 1.165) is 29.5 Å². The van der Waals surface area contributed by atoms with E-state index in [1.165, 1.54) is 19.3 Å². The first-order valence-electron chi connectivity index (χ1n) is 9.26. The van der Waals surface area contributed by atoms with E-state index in [4.69, 9.17) is 9.47 Å². The molecule has 3 rings (SSSR count). The van der Waals surface area contributed by atoms with Crippen LogP contribution < -0.4 is 14.8 Å². The number of carboxylic acid groups (broad SMARTS) is 1. The molecule has 1 aliphatic rings. The molecular formula is C20H30N2O4. The minimum atomic E-state index is -0.980. The zero-order valence-corrected chi connectivity index (χ0v) is 16.1. The van der Waals surface area contributed by atoms with Gasteiger partial charge < -0.3 is 24.9 Å². The highest BCUT2D eigenvalue weighted by Crippen LogP contribution is 2.34. The highest BCUT2D eigenvalue weighted by atomic mass is 16.5. The Morgan fingerprint density at radius 2 is 1.85 bits per heavy atom. The second kappa shape index (κ2) is 9.48. The molecule has 0 unspecified atom stereocenters. The zero-order chi connectivity index (χ0) is 19.1. The molecule has 0 atom stereocenters. The smallest absolute Gasteiger partial charge is 0.352 e. The van der Waals surface area contributed by atoms with Gasteiger partial charge in [0.05, 0.1) is 17.7 Å². The van der Waals surface area contributed by atoms with E-state index in [1.807, 2.05) is 40.1 Å². The van der Waals surface area contributed by atoms with E-state index in [-0.39, 0.29) is 17.9 Å². The van der Waals surface area contributed by atoms with Crippen molar-refractivity contribution in [1.29, 1.82) is 0 Å². The van der Waals surface area contributed by atoms with E-state index in [1.54, 1.807) is 6.07 Å². The van der Waals surface area contributed by atoms with Crippen LogP contribution in [0.4, 0.5) is 0 Å². The molecule has 1 aromatic heterocycles. The number of carboxylic acids is 1. The predicted octanol–water partition coefficient (Wildman–Crippen LogP) is 4.20. The van der Waals surface area contributed by atoms with Crippen LogP contribution in [-0.4, -0.2) is 42.4 Å². The maximum atomic E-state index is 11.2. The molecule has 0 amide bonds. The Balaban J connectivity index is 0.000000758. The van der Waals surface area contributed by atoms with E-state index in [9.17, 15) is 9.90 Å². The van der Waals surface area contributed by atoms with Gasteiger partial charge in [0, 0.05) is 17.5 Å². The van der Waals surface area contributed by atoms with Crippen LogP contribution in [0.25, 0.3) is 10.9 Å². The van der Waals surface area contributed by atoms with Crippen molar-refractivity contribution in [2.75, 3.05) is 14.1 Å². The summed E-state index contributed by atoms with van der Waals surface area (Å²) in [6, 6.07) is 5.35. The van der Waals surface area contributed by atoms with E-state index >= 15 is 0 Å². The Morgan fingerprint density at radius 1 is 1.19 bits per heavy atom. The summed E-state index contributed by atoms with van der Waals surface area (Å²) in [5.41, 5.74) is 0.884. The van der Waals surface area contributed by atoms with Crippen molar-refractivity contribution in [3.8, 4) is 11.5 Å². The second-order valence-corrected chi connectivity index (χ2v) is 6.92. The van der Waals surface area contributed by atoms with Crippen LogP contribution in [-0.2, 0) is 0 Å². The number of hydrogen-bond acceptors (Lipinski definition) is 4. The van der Waals surface area contributed by atoms with Crippen molar-refractivity contribution in [3.05, 3.63) is 23.9 Å². The van der Waals surface area contributed by atoms with E-state index in [2.05, 4.69) is 10.3 Å². The first-order valence-corrected chi connectivity index (χ1v) is 9.26. The van der Waals surface area contributed by atoms with Gasteiger partial charge in [-0.3, -0.25) is 0 Å². The Kier molecular flexibility index (Phi) is 7.33. The van der Waals surface area contributed by atoms with E-state index in [0.29, 0.717) is 5.75 Å². The minimum absolute atomic E-state index is 0.00584. The molecule has 0 bridgehead atoms. The zero-order valence-electron chi connectivity index (χ0n) is 16.1. The van der Waals surface area contributed by atoms with Crippen molar-refractivity contribution < 1.29 is 19.4 Å². The molecule has 3 N–H and O–H groups in total. The second-order valence-electron chi connectivity index (χ2n) is 6.92. The van der Waals surface area contributed by atoms with Crippen molar-refractivity contribution in [2.45, 2.75) is 58.2 Å². The van der Waals surface area contributed by atoms with Gasteiger partial charge in [-0.2, -0.15) is 0 Å². The highest BCUT2D eigenvalue weighted by molar-refractivity contribution is 5.96. The van der Waals surface area contributed by atoms with Crippen LogP contribution in [0.15, 0.2) is 18.2 Å². The fourth-order valence-electron chi connectivity index (χ4n) is 3.09. The first kappa shape index (κ1) is 20.1. The maximum absolute atomic E-state index is 11.2. The lowest BCUT2D eigenvalue weighted by Gasteiger charge is -2.23. The average Bonchev–Trinajstić information content (AvgIpc) is 3.01. The number of rotatable bonds is 5. The molecule has 1 heterocycles. The van der Waals surface area contributed by atoms with Crippen LogP contribution in [0.5, 0.6) is 11.5 Å². The molecule has 1 saturated carbocycles. The van der Waals surface area contributed by atoms with Gasteiger partial charge in [0.15, 0.2) is 0 Å². The Labute approximate surface area is 154 Å². The normalized spacial score (nSPS) is 14.8. The monoisotopic (exact) mass is 362 g/mol. The number of aromatic carboxylic acids is 1. The molecule has 144 valence electrons. The fraction of sp³-hybridized carbons (Fsp3) is 0.550. The molecular weight excluding hydrogens is 332 g/mol. The van der Waals surface area contributed by atoms with Gasteiger partial charge in [-0.15, -0.1) is 0 Å². The average molecular weight is 362 g/mol. The molecule has 0 aliphatic heterocycles. The number of aromatic nitrogens is 1. The van der Waals surface area contributed by atoms with Gasteiger partial charge in [-0.05, 0) is 59.7 Å². The van der Waals surface area contributed by atoms with Crippen LogP contribution in [0.1, 0.15) is 56.4 Å². The van der Waals surface area contributed by atoms with Crippen LogP contribution in [0, 0.1) is 0 Å². The van der Waals surface area contributed by atoms with Crippen molar-refractivity contribution >= 4 is 16.9 Å². The van der Waals surface area contributed by atoms with Gasteiger partial charge in [-0.25, -0.2) is 4.79 Å². The lowest BCUT2D eigenvalue weighted by atomic mass is 9.98. The third-order valence-corrected chi connectivity index (χ3v) is 4.12. The molecule has 6 nitrogen and oxygen atoms in total. The predicted molar refractivity (Wildman–Crippen MR) is 104 cm³/mol. The summed E-state index contributed by atoms with van der Waals surface area (Å²) in [6.07, 6.45) is 6.07. The largest absolute Gasteiger partial charge is 0.490 e. The third-order valence-electron chi connectivity index (χ3n) is 4.12.